The van der Waals surface area contributed by atoms with Gasteiger partial charge in [-0.2, -0.15) is 0 Å². The van der Waals surface area contributed by atoms with E-state index < -0.39 is 5.97 Å². The van der Waals surface area contributed by atoms with E-state index in [4.69, 9.17) is 9.15 Å². The molecule has 106 valence electrons. The normalized spacial score (nSPS) is 10.5. The fourth-order valence-corrected chi connectivity index (χ4v) is 1.64. The zero-order valence-electron chi connectivity index (χ0n) is 11.5. The topological polar surface area (TPSA) is 69.0 Å². The lowest BCUT2D eigenvalue weighted by Crippen LogP contribution is -2.30. The summed E-state index contributed by atoms with van der Waals surface area (Å²) in [4.78, 5) is 24.8. The molecule has 0 aliphatic rings. The quantitative estimate of drug-likeness (QED) is 0.698. The molecule has 6 heteroatoms. The van der Waals surface area contributed by atoms with Crippen LogP contribution in [0, 0.1) is 0 Å². The van der Waals surface area contributed by atoms with Crippen molar-refractivity contribution in [2.45, 2.75) is 20.4 Å². The predicted octanol–water partition coefficient (Wildman–Crippen LogP) is 1.45. The summed E-state index contributed by atoms with van der Waals surface area (Å²) in [5.74, 6) is -0.635. The third-order valence-corrected chi connectivity index (χ3v) is 2.62. The van der Waals surface area contributed by atoms with Crippen molar-refractivity contribution in [2.24, 2.45) is 0 Å². The molecule has 0 spiro atoms. The molecule has 0 fully saturated rings. The second-order valence-corrected chi connectivity index (χ2v) is 3.87. The number of carbonyl (C=O) groups excluding carboxylic acids is 2. The van der Waals surface area contributed by atoms with Crippen LogP contribution in [0.4, 0.5) is 0 Å². The molecule has 1 rings (SSSR count). The van der Waals surface area contributed by atoms with E-state index >= 15 is 0 Å². The lowest BCUT2D eigenvalue weighted by Gasteiger charge is -2.18. The van der Waals surface area contributed by atoms with E-state index in [0.717, 1.165) is 0 Å². The zero-order chi connectivity index (χ0) is 14.3. The van der Waals surface area contributed by atoms with Gasteiger partial charge < -0.3 is 13.9 Å². The van der Waals surface area contributed by atoms with Gasteiger partial charge in [0.15, 0.2) is 0 Å². The molecule has 1 aromatic heterocycles. The first-order valence-corrected chi connectivity index (χ1v) is 6.15. The van der Waals surface area contributed by atoms with Crippen molar-refractivity contribution in [3.63, 3.8) is 0 Å². The average Bonchev–Trinajstić information content (AvgIpc) is 2.85. The summed E-state index contributed by atoms with van der Waals surface area (Å²) < 4.78 is 14.6. The summed E-state index contributed by atoms with van der Waals surface area (Å²) in [7, 11) is 1.30. The maximum Gasteiger partial charge on any atom is 0.374 e. The Morgan fingerprint density at radius 2 is 2.11 bits per heavy atom. The van der Waals surface area contributed by atoms with E-state index in [2.05, 4.69) is 4.74 Å². The molecule has 19 heavy (non-hydrogen) atoms. The number of esters is 2. The molecule has 0 saturated carbocycles. The zero-order valence-corrected chi connectivity index (χ0v) is 11.5. The van der Waals surface area contributed by atoms with E-state index in [0.29, 0.717) is 25.3 Å². The maximum absolute atomic E-state index is 11.5. The van der Waals surface area contributed by atoms with Gasteiger partial charge in [-0.05, 0) is 19.5 Å². The molecular formula is C13H19NO5. The summed E-state index contributed by atoms with van der Waals surface area (Å²) in [6.07, 6.45) is 1.43. The largest absolute Gasteiger partial charge is 0.465 e. The smallest absolute Gasteiger partial charge is 0.374 e. The molecule has 1 aromatic rings. The van der Waals surface area contributed by atoms with Crippen LogP contribution >= 0.6 is 0 Å². The van der Waals surface area contributed by atoms with E-state index in [9.17, 15) is 9.59 Å². The lowest BCUT2D eigenvalue weighted by atomic mass is 10.2. The molecule has 0 aliphatic carbocycles. The first kappa shape index (κ1) is 15.2. The first-order valence-electron chi connectivity index (χ1n) is 6.15. The highest BCUT2D eigenvalue weighted by Gasteiger charge is 2.19. The Hall–Kier alpha value is -1.82. The Labute approximate surface area is 112 Å². The van der Waals surface area contributed by atoms with Crippen LogP contribution in [0.3, 0.4) is 0 Å². The molecule has 0 bridgehead atoms. The van der Waals surface area contributed by atoms with Gasteiger partial charge >= 0.3 is 11.9 Å². The number of carbonyl (C=O) groups is 2. The third-order valence-electron chi connectivity index (χ3n) is 2.62. The SMILES string of the molecule is CCOC(=O)CN(CC)Cc1ccoc1C(=O)OC. The van der Waals surface area contributed by atoms with Crippen LogP contribution in [0.15, 0.2) is 16.7 Å². The second kappa shape index (κ2) is 7.58. The highest BCUT2D eigenvalue weighted by Crippen LogP contribution is 2.14. The van der Waals surface area contributed by atoms with Gasteiger partial charge in [0.05, 0.1) is 26.5 Å². The molecule has 0 aliphatic heterocycles. The fourth-order valence-electron chi connectivity index (χ4n) is 1.64. The van der Waals surface area contributed by atoms with Gasteiger partial charge in [0, 0.05) is 12.1 Å². The third kappa shape index (κ3) is 4.40. The van der Waals surface area contributed by atoms with E-state index in [-0.39, 0.29) is 18.3 Å². The van der Waals surface area contributed by atoms with Crippen molar-refractivity contribution in [3.05, 3.63) is 23.7 Å². The molecule has 0 amide bonds. The molecule has 0 aromatic carbocycles. The fraction of sp³-hybridized carbons (Fsp3) is 0.538. The molecular weight excluding hydrogens is 250 g/mol. The summed E-state index contributed by atoms with van der Waals surface area (Å²) in [6, 6.07) is 1.69. The van der Waals surface area contributed by atoms with Crippen LogP contribution < -0.4 is 0 Å². The molecule has 0 unspecified atom stereocenters. The number of methoxy groups -OCH3 is 1. The van der Waals surface area contributed by atoms with Gasteiger partial charge in [0.25, 0.3) is 0 Å². The van der Waals surface area contributed by atoms with Crippen molar-refractivity contribution in [1.29, 1.82) is 0 Å². The number of likely N-dealkylation sites (N-methyl/N-ethyl adjacent to an activating group) is 1. The highest BCUT2D eigenvalue weighted by molar-refractivity contribution is 5.87. The van der Waals surface area contributed by atoms with Crippen molar-refractivity contribution in [2.75, 3.05) is 26.8 Å². The van der Waals surface area contributed by atoms with Gasteiger partial charge in [-0.15, -0.1) is 0 Å². The second-order valence-electron chi connectivity index (χ2n) is 3.87. The number of nitrogens with zero attached hydrogens (tertiary/aromatic N) is 1. The van der Waals surface area contributed by atoms with Crippen LogP contribution in [-0.2, 0) is 20.8 Å². The predicted molar refractivity (Wildman–Crippen MR) is 67.6 cm³/mol. The van der Waals surface area contributed by atoms with Crippen molar-refractivity contribution < 1.29 is 23.5 Å². The van der Waals surface area contributed by atoms with Gasteiger partial charge in [0.2, 0.25) is 5.76 Å². The minimum Gasteiger partial charge on any atom is -0.465 e. The van der Waals surface area contributed by atoms with E-state index in [1.807, 2.05) is 11.8 Å². The van der Waals surface area contributed by atoms with Crippen molar-refractivity contribution >= 4 is 11.9 Å². The van der Waals surface area contributed by atoms with Crippen molar-refractivity contribution in [3.8, 4) is 0 Å². The molecule has 6 nitrogen and oxygen atoms in total. The number of hydrogen-bond donors (Lipinski definition) is 0. The van der Waals surface area contributed by atoms with Gasteiger partial charge in [-0.1, -0.05) is 6.92 Å². The van der Waals surface area contributed by atoms with Crippen LogP contribution in [0.5, 0.6) is 0 Å². The lowest BCUT2D eigenvalue weighted by molar-refractivity contribution is -0.144. The van der Waals surface area contributed by atoms with Crippen LogP contribution in [0.1, 0.15) is 30.0 Å². The number of rotatable bonds is 7. The van der Waals surface area contributed by atoms with Crippen molar-refractivity contribution in [1.82, 2.24) is 4.90 Å². The number of ether oxygens (including phenoxy) is 2. The van der Waals surface area contributed by atoms with Gasteiger partial charge in [-0.25, -0.2) is 4.79 Å². The molecule has 1 heterocycles. The summed E-state index contributed by atoms with van der Waals surface area (Å²) in [5, 5.41) is 0. The monoisotopic (exact) mass is 269 g/mol. The van der Waals surface area contributed by atoms with Gasteiger partial charge in [-0.3, -0.25) is 9.69 Å². The minimum atomic E-state index is -0.521. The van der Waals surface area contributed by atoms with Gasteiger partial charge in [0.1, 0.15) is 0 Å². The van der Waals surface area contributed by atoms with E-state index in [1.54, 1.807) is 13.0 Å². The Bertz CT molecular complexity index is 426. The molecule has 0 N–H and O–H groups in total. The molecule has 0 saturated heterocycles. The van der Waals surface area contributed by atoms with Crippen LogP contribution in [0.25, 0.3) is 0 Å². The van der Waals surface area contributed by atoms with Crippen LogP contribution in [0.2, 0.25) is 0 Å². The van der Waals surface area contributed by atoms with Crippen LogP contribution in [-0.4, -0.2) is 43.6 Å². The molecule has 0 radical (unpaired) electrons. The summed E-state index contributed by atoms with van der Waals surface area (Å²) >= 11 is 0. The Morgan fingerprint density at radius 3 is 2.68 bits per heavy atom. The Kier molecular flexibility index (Phi) is 6.08. The maximum atomic E-state index is 11.5. The Balaban J connectivity index is 2.68. The number of furan rings is 1. The minimum absolute atomic E-state index is 0.171. The van der Waals surface area contributed by atoms with E-state index in [1.165, 1.54) is 13.4 Å². The standard InChI is InChI=1S/C13H19NO5/c1-4-14(9-11(15)18-5-2)8-10-6-7-19-12(10)13(16)17-3/h6-7H,4-5,8-9H2,1-3H3. The highest BCUT2D eigenvalue weighted by atomic mass is 16.5. The number of hydrogen-bond acceptors (Lipinski definition) is 6. The first-order chi connectivity index (χ1) is 9.12. The summed E-state index contributed by atoms with van der Waals surface area (Å²) in [6.45, 7) is 5.31. The summed E-state index contributed by atoms with van der Waals surface area (Å²) in [5.41, 5.74) is 0.693. The Morgan fingerprint density at radius 1 is 1.37 bits per heavy atom. The average molecular weight is 269 g/mol. The molecule has 0 atom stereocenters.